The molecule has 1 amide bonds. The third-order valence-corrected chi connectivity index (χ3v) is 4.01. The molecule has 0 radical (unpaired) electrons. The maximum absolute atomic E-state index is 12.0. The van der Waals surface area contributed by atoms with Gasteiger partial charge in [-0.15, -0.1) is 0 Å². The lowest BCUT2D eigenvalue weighted by Gasteiger charge is -2.22. The second-order valence-corrected chi connectivity index (χ2v) is 6.66. The molecule has 0 unspecified atom stereocenters. The molecule has 0 spiro atoms. The van der Waals surface area contributed by atoms with E-state index in [9.17, 15) is 27.6 Å². The number of quaternary nitrogens is 1. The quantitative estimate of drug-likeness (QED) is 0.572. The number of carboxylic acids is 1. The number of amides is 1. The lowest BCUT2D eigenvalue weighted by Crippen LogP contribution is -2.67. The van der Waals surface area contributed by atoms with Crippen molar-refractivity contribution in [2.45, 2.75) is 43.8 Å². The number of nitrogens with zero attached hydrogens (tertiary/aromatic N) is 1. The minimum absolute atomic E-state index is 0.0133. The van der Waals surface area contributed by atoms with E-state index in [4.69, 9.17) is 14.6 Å². The molecular weight excluding hydrogens is 369 g/mol. The summed E-state index contributed by atoms with van der Waals surface area (Å²) in [7, 11) is 1.30. The van der Waals surface area contributed by atoms with Gasteiger partial charge in [0.2, 0.25) is 0 Å². The van der Waals surface area contributed by atoms with Gasteiger partial charge in [-0.3, -0.25) is 9.59 Å². The molecule has 8 nitrogen and oxygen atoms in total. The molecule has 1 saturated heterocycles. The number of alkyl halides is 3. The Morgan fingerprint density at radius 2 is 1.80 bits per heavy atom. The van der Waals surface area contributed by atoms with Crippen molar-refractivity contribution in [2.24, 2.45) is 0 Å². The van der Waals surface area contributed by atoms with Crippen LogP contribution in [0.3, 0.4) is 0 Å². The third-order valence-electron chi connectivity index (χ3n) is 3.00. The maximum atomic E-state index is 12.0. The van der Waals surface area contributed by atoms with E-state index < -0.39 is 30.2 Å². The highest BCUT2D eigenvalue weighted by Crippen LogP contribution is 2.29. The number of likely N-dealkylation sites (tertiary alicyclic amines) is 1. The van der Waals surface area contributed by atoms with Crippen LogP contribution in [-0.4, -0.2) is 65.0 Å². The molecule has 1 heterocycles. The minimum Gasteiger partial charge on any atom is -0.542 e. The Balaban J connectivity index is 0.000000697. The minimum atomic E-state index is -5.19. The Morgan fingerprint density at radius 3 is 2.12 bits per heavy atom. The molecule has 1 fully saturated rings. The average Bonchev–Trinajstić information content (AvgIpc) is 2.87. The smallest absolute Gasteiger partial charge is 0.430 e. The summed E-state index contributed by atoms with van der Waals surface area (Å²) in [5.74, 6) is -3.62. The highest BCUT2D eigenvalue weighted by atomic mass is 32.2. The maximum Gasteiger partial charge on any atom is 0.430 e. The average molecular weight is 388 g/mol. The highest BCUT2D eigenvalue weighted by molar-refractivity contribution is 8.14. The van der Waals surface area contributed by atoms with Gasteiger partial charge in [-0.25, -0.2) is 4.79 Å². The molecule has 0 bridgehead atoms. The number of halogens is 3. The van der Waals surface area contributed by atoms with Gasteiger partial charge in [0.25, 0.3) is 5.91 Å². The number of aliphatic carboxylic acids is 1. The molecule has 25 heavy (non-hydrogen) atoms. The predicted octanol–water partition coefficient (Wildman–Crippen LogP) is -1.66. The van der Waals surface area contributed by atoms with E-state index in [1.807, 2.05) is 0 Å². The number of methoxy groups -OCH3 is 1. The van der Waals surface area contributed by atoms with Gasteiger partial charge < -0.3 is 25.3 Å². The Bertz CT molecular complexity index is 526. The summed E-state index contributed by atoms with van der Waals surface area (Å²) in [4.78, 5) is 45.0. The van der Waals surface area contributed by atoms with E-state index in [0.717, 1.165) is 0 Å². The van der Waals surface area contributed by atoms with Crippen LogP contribution in [0.5, 0.6) is 0 Å². The van der Waals surface area contributed by atoms with Gasteiger partial charge in [-0.2, -0.15) is 13.2 Å². The topological polar surface area (TPSA) is 131 Å². The zero-order chi connectivity index (χ0) is 19.9. The first-order chi connectivity index (χ1) is 11.3. The molecule has 12 heteroatoms. The summed E-state index contributed by atoms with van der Waals surface area (Å²) in [5, 5.41) is 8.72. The number of carbonyl (C=O) groups is 4. The first-order valence-corrected chi connectivity index (χ1v) is 7.86. The van der Waals surface area contributed by atoms with Crippen molar-refractivity contribution in [1.82, 2.24) is 4.90 Å². The molecule has 144 valence electrons. The van der Waals surface area contributed by atoms with Crippen molar-refractivity contribution in [3.8, 4) is 0 Å². The van der Waals surface area contributed by atoms with Crippen LogP contribution in [0.4, 0.5) is 13.2 Å². The monoisotopic (exact) mass is 388 g/mol. The van der Waals surface area contributed by atoms with Crippen LogP contribution >= 0.6 is 11.8 Å². The number of esters is 1. The molecule has 3 atom stereocenters. The molecular formula is C13H19F3N2O6S. The Hall–Kier alpha value is -1.82. The first kappa shape index (κ1) is 23.2. The Morgan fingerprint density at radius 1 is 1.32 bits per heavy atom. The fraction of sp³-hybridized carbons (Fsp3) is 0.692. The Kier molecular flexibility index (Phi) is 8.91. The Labute approximate surface area is 145 Å². The van der Waals surface area contributed by atoms with E-state index in [1.165, 1.54) is 30.7 Å². The van der Waals surface area contributed by atoms with E-state index in [2.05, 4.69) is 5.73 Å². The van der Waals surface area contributed by atoms with Gasteiger partial charge in [0, 0.05) is 18.7 Å². The second-order valence-electron chi connectivity index (χ2n) is 5.18. The zero-order valence-electron chi connectivity index (χ0n) is 13.8. The number of hydrogen-bond acceptors (Lipinski definition) is 7. The number of rotatable bonds is 3. The molecule has 0 aromatic heterocycles. The SMILES string of the molecule is COC(=O)[C@@H]1C[C@H](SC(C)=O)CN1C(=O)[C@@H](C)[NH3+].O=C([O-])C(F)(F)F. The van der Waals surface area contributed by atoms with Crippen molar-refractivity contribution in [1.29, 1.82) is 0 Å². The number of thioether (sulfide) groups is 1. The number of hydrogen-bond donors (Lipinski definition) is 1. The van der Waals surface area contributed by atoms with Crippen LogP contribution in [-0.2, 0) is 23.9 Å². The van der Waals surface area contributed by atoms with Gasteiger partial charge in [-0.1, -0.05) is 11.8 Å². The largest absolute Gasteiger partial charge is 0.542 e. The lowest BCUT2D eigenvalue weighted by atomic mass is 10.2. The summed E-state index contributed by atoms with van der Waals surface area (Å²) in [5.41, 5.74) is 3.67. The van der Waals surface area contributed by atoms with Gasteiger partial charge in [0.15, 0.2) is 11.2 Å². The van der Waals surface area contributed by atoms with Crippen molar-refractivity contribution in [3.05, 3.63) is 0 Å². The van der Waals surface area contributed by atoms with Crippen molar-refractivity contribution in [3.63, 3.8) is 0 Å². The van der Waals surface area contributed by atoms with Crippen molar-refractivity contribution in [2.75, 3.05) is 13.7 Å². The van der Waals surface area contributed by atoms with Gasteiger partial charge in [0.1, 0.15) is 12.0 Å². The van der Waals surface area contributed by atoms with Crippen molar-refractivity contribution < 1.29 is 47.9 Å². The summed E-state index contributed by atoms with van der Waals surface area (Å²) >= 11 is 1.17. The molecule has 1 aliphatic heterocycles. The standard InChI is InChI=1S/C11H18N2O4S.C2HF3O2/c1-6(12)10(15)13-5-8(18-7(2)14)4-9(13)11(16)17-3;3-2(4,5)1(6)7/h6,8-9H,4-5,12H2,1-3H3;(H,6,7)/t6-,8+,9+;/m1./s1. The fourth-order valence-corrected chi connectivity index (χ4v) is 2.99. The van der Waals surface area contributed by atoms with E-state index in [-0.39, 0.29) is 16.3 Å². The summed E-state index contributed by atoms with van der Waals surface area (Å²) in [6.07, 6.45) is -4.74. The number of carbonyl (C=O) groups excluding carboxylic acids is 4. The van der Waals surface area contributed by atoms with Crippen molar-refractivity contribution >= 4 is 34.7 Å². The molecule has 0 saturated carbocycles. The second kappa shape index (κ2) is 9.61. The summed E-state index contributed by atoms with van der Waals surface area (Å²) in [6.45, 7) is 3.55. The lowest BCUT2D eigenvalue weighted by molar-refractivity contribution is -0.400. The van der Waals surface area contributed by atoms with Gasteiger partial charge in [-0.05, 0) is 13.3 Å². The summed E-state index contributed by atoms with van der Waals surface area (Å²) < 4.78 is 36.2. The van der Waals surface area contributed by atoms with Crippen LogP contribution in [0, 0.1) is 0 Å². The fourth-order valence-electron chi connectivity index (χ4n) is 2.00. The third kappa shape index (κ3) is 7.73. The summed E-state index contributed by atoms with van der Waals surface area (Å²) in [6, 6.07) is -1.01. The van der Waals surface area contributed by atoms with E-state index >= 15 is 0 Å². The van der Waals surface area contributed by atoms with Crippen LogP contribution in [0.15, 0.2) is 0 Å². The first-order valence-electron chi connectivity index (χ1n) is 6.98. The van der Waals surface area contributed by atoms with Gasteiger partial charge >= 0.3 is 12.1 Å². The van der Waals surface area contributed by atoms with E-state index in [0.29, 0.717) is 13.0 Å². The molecule has 0 aromatic carbocycles. The van der Waals surface area contributed by atoms with Crippen LogP contribution < -0.4 is 10.8 Å². The zero-order valence-corrected chi connectivity index (χ0v) is 14.6. The van der Waals surface area contributed by atoms with E-state index in [1.54, 1.807) is 6.92 Å². The molecule has 3 N–H and O–H groups in total. The van der Waals surface area contributed by atoms with Crippen LogP contribution in [0.1, 0.15) is 20.3 Å². The molecule has 1 rings (SSSR count). The highest BCUT2D eigenvalue weighted by Gasteiger charge is 2.42. The van der Waals surface area contributed by atoms with Crippen LogP contribution in [0.25, 0.3) is 0 Å². The number of carboxylic acid groups (broad SMARTS) is 1. The van der Waals surface area contributed by atoms with Crippen LogP contribution in [0.2, 0.25) is 0 Å². The molecule has 1 aliphatic rings. The van der Waals surface area contributed by atoms with Gasteiger partial charge in [0.05, 0.1) is 7.11 Å². The molecule has 0 aliphatic carbocycles. The number of ether oxygens (including phenoxy) is 1. The normalized spacial score (nSPS) is 21.0. The predicted molar refractivity (Wildman–Crippen MR) is 77.6 cm³/mol. The molecule has 0 aromatic rings.